The third-order valence-corrected chi connectivity index (χ3v) is 0.602. The van der Waals surface area contributed by atoms with Crippen LogP contribution < -0.4 is 0 Å². The van der Waals surface area contributed by atoms with E-state index in [1.807, 2.05) is 10.7 Å². The van der Waals surface area contributed by atoms with E-state index < -0.39 is 0 Å². The van der Waals surface area contributed by atoms with E-state index in [1.54, 1.807) is 6.08 Å². The van der Waals surface area contributed by atoms with E-state index in [9.17, 15) is 0 Å². The molecule has 0 aliphatic carbocycles. The van der Waals surface area contributed by atoms with E-state index in [1.165, 1.54) is 6.08 Å². The molecule has 0 radical (unpaired) electrons. The van der Waals surface area contributed by atoms with Crippen molar-refractivity contribution < 1.29 is 17.9 Å². The molecule has 0 atom stereocenters. The van der Waals surface area contributed by atoms with Gasteiger partial charge in [-0.2, -0.15) is 0 Å². The second kappa shape index (κ2) is 4.97. The Labute approximate surface area is 47.8 Å². The summed E-state index contributed by atoms with van der Waals surface area (Å²) in [4.78, 5) is 0. The molecule has 1 heteroatoms. The van der Waals surface area contributed by atoms with Crippen LogP contribution in [0.1, 0.15) is 0 Å². The summed E-state index contributed by atoms with van der Waals surface area (Å²) in [6.45, 7) is 4.97. The van der Waals surface area contributed by atoms with Gasteiger partial charge in [-0.3, -0.25) is 0 Å². The molecule has 0 amide bonds. The van der Waals surface area contributed by atoms with Crippen LogP contribution in [0.4, 0.5) is 0 Å². The quantitative estimate of drug-likeness (QED) is 0.326. The van der Waals surface area contributed by atoms with Crippen molar-refractivity contribution in [1.29, 1.82) is 0 Å². The van der Waals surface area contributed by atoms with E-state index in [-0.39, 0.29) is 0 Å². The molecule has 35 valence electrons. The van der Waals surface area contributed by atoms with Crippen LogP contribution in [0, 0.1) is 6.58 Å². The van der Waals surface area contributed by atoms with Crippen LogP contribution in [0.15, 0.2) is 18.2 Å². The molecule has 0 aromatic heterocycles. The van der Waals surface area contributed by atoms with Crippen molar-refractivity contribution in [3.05, 3.63) is 24.8 Å². The fourth-order valence-electron chi connectivity index (χ4n) is 0.101. The van der Waals surface area contributed by atoms with Gasteiger partial charge in [-0.05, 0) is 0 Å². The zero-order valence-corrected chi connectivity index (χ0v) is 4.86. The first-order valence-corrected chi connectivity index (χ1v) is 2.47. The Kier molecular flexibility index (Phi) is 4.95. The molecule has 0 heterocycles. The van der Waals surface area contributed by atoms with Gasteiger partial charge in [-0.25, -0.2) is 0 Å². The first-order valence-electron chi connectivity index (χ1n) is 1.53. The van der Waals surface area contributed by atoms with Crippen molar-refractivity contribution in [2.75, 3.05) is 0 Å². The fourth-order valence-corrected chi connectivity index (χ4v) is 0.283. The maximum atomic E-state index is 4.97. The first-order chi connectivity index (χ1) is 2.91. The van der Waals surface area contributed by atoms with E-state index in [0.717, 1.165) is 0 Å². The molecule has 0 aromatic carbocycles. The van der Waals surface area contributed by atoms with Gasteiger partial charge in [-0.15, -0.1) is 0 Å². The van der Waals surface area contributed by atoms with Crippen molar-refractivity contribution >= 4 is 4.61 Å². The molecular weight excluding hydrogens is 163 g/mol. The average molecular weight is 168 g/mol. The Hall–Kier alpha value is -0.0266. The van der Waals surface area contributed by atoms with Gasteiger partial charge < -0.3 is 0 Å². The van der Waals surface area contributed by atoms with Crippen LogP contribution >= 0.6 is 0 Å². The molecule has 0 N–H and O–H groups in total. The number of hydrogen-bond acceptors (Lipinski definition) is 0. The Bertz CT molecular complexity index is 62.0. The first kappa shape index (κ1) is 5.97. The molecule has 0 saturated heterocycles. The average Bonchev–Trinajstić information content (AvgIpc) is 1.61. The zero-order valence-electron chi connectivity index (χ0n) is 3.22. The third-order valence-electron chi connectivity index (χ3n) is 0.286. The van der Waals surface area contributed by atoms with Crippen molar-refractivity contribution in [2.24, 2.45) is 0 Å². The van der Waals surface area contributed by atoms with Gasteiger partial charge >= 0.3 is 47.3 Å². The van der Waals surface area contributed by atoms with Crippen molar-refractivity contribution in [2.45, 2.75) is 0 Å². The molecule has 0 fully saturated rings. The van der Waals surface area contributed by atoms with Crippen LogP contribution in [-0.4, -0.2) is 4.61 Å². The van der Waals surface area contributed by atoms with Crippen molar-refractivity contribution in [1.82, 2.24) is 0 Å². The van der Waals surface area contributed by atoms with Gasteiger partial charge in [0.2, 0.25) is 0 Å². The Morgan fingerprint density at radius 2 is 2.00 bits per heavy atom. The van der Waals surface area contributed by atoms with Gasteiger partial charge in [0.25, 0.3) is 0 Å². The second-order valence-electron chi connectivity index (χ2n) is 0.688. The predicted octanol–water partition coefficient (Wildman–Crippen LogP) is 0.881. The normalized spacial score (nSPS) is 8.83. The molecule has 0 aromatic rings. The third kappa shape index (κ3) is 3.97. The summed E-state index contributed by atoms with van der Waals surface area (Å²) in [6.07, 6.45) is 5.06. The van der Waals surface area contributed by atoms with Crippen LogP contribution in [0.3, 0.4) is 0 Å². The van der Waals surface area contributed by atoms with Crippen molar-refractivity contribution in [3.63, 3.8) is 0 Å². The molecule has 6 heavy (non-hydrogen) atoms. The summed E-state index contributed by atoms with van der Waals surface area (Å²) < 4.78 is 1.81. The number of hydrogen-bond donors (Lipinski definition) is 0. The minimum absolute atomic E-state index is 1.48. The van der Waals surface area contributed by atoms with Crippen molar-refractivity contribution in [3.8, 4) is 0 Å². The number of allylic oxidation sites excluding steroid dienone is 3. The molecule has 0 rings (SSSR count). The summed E-state index contributed by atoms with van der Waals surface area (Å²) in [5.41, 5.74) is 0. The number of rotatable bonds is 2. The minimum atomic E-state index is 1.48. The van der Waals surface area contributed by atoms with Crippen LogP contribution in [0.25, 0.3) is 0 Å². The molecule has 0 aliphatic rings. The molecule has 0 aliphatic heterocycles. The fraction of sp³-hybridized carbons (Fsp3) is 0. The maximum absolute atomic E-state index is 4.97. The monoisotopic (exact) mass is 168 g/mol. The van der Waals surface area contributed by atoms with Gasteiger partial charge in [0.15, 0.2) is 0 Å². The molecule has 0 spiro atoms. The Morgan fingerprint density at radius 1 is 1.33 bits per heavy atom. The topological polar surface area (TPSA) is 0 Å². The predicted molar refractivity (Wildman–Crippen MR) is 24.1 cm³/mol. The van der Waals surface area contributed by atoms with Gasteiger partial charge in [0.1, 0.15) is 0 Å². The summed E-state index contributed by atoms with van der Waals surface area (Å²) in [5, 5.41) is 0. The molecular formula is C5H5Rh-. The van der Waals surface area contributed by atoms with E-state index in [4.69, 9.17) is 6.58 Å². The molecule has 0 saturated carbocycles. The van der Waals surface area contributed by atoms with Gasteiger partial charge in [0.05, 0.1) is 0 Å². The standard InChI is InChI=1S/C5H5.Rh/c1-3-5-4-2;/h1-5H;/q-1;/b5-3-;. The van der Waals surface area contributed by atoms with Crippen LogP contribution in [-0.2, 0) is 17.9 Å². The molecule has 0 bridgehead atoms. The summed E-state index contributed by atoms with van der Waals surface area (Å²) in [6, 6.07) is 0. The zero-order chi connectivity index (χ0) is 4.83. The van der Waals surface area contributed by atoms with E-state index in [2.05, 4.69) is 17.9 Å². The van der Waals surface area contributed by atoms with E-state index in [0.29, 0.717) is 0 Å². The van der Waals surface area contributed by atoms with Crippen LogP contribution in [0.5, 0.6) is 0 Å². The molecule has 0 unspecified atom stereocenters. The Morgan fingerprint density at radius 3 is 2.17 bits per heavy atom. The van der Waals surface area contributed by atoms with Gasteiger partial charge in [-0.1, -0.05) is 0 Å². The molecule has 0 nitrogen and oxygen atoms in total. The summed E-state index contributed by atoms with van der Waals surface area (Å²) in [7, 11) is 0. The SMILES string of the molecule is [CH-]=C/C=C\[CH]=[Rh]. The summed E-state index contributed by atoms with van der Waals surface area (Å²) >= 11 is 2.60. The second-order valence-corrected chi connectivity index (χ2v) is 1.23. The Balaban J connectivity index is 3.17. The van der Waals surface area contributed by atoms with Gasteiger partial charge in [0, 0.05) is 0 Å². The summed E-state index contributed by atoms with van der Waals surface area (Å²) in [5.74, 6) is 0. The van der Waals surface area contributed by atoms with Crippen LogP contribution in [0.2, 0.25) is 0 Å². The van der Waals surface area contributed by atoms with E-state index >= 15 is 0 Å².